The zero-order valence-electron chi connectivity index (χ0n) is 10.2. The van der Waals surface area contributed by atoms with E-state index in [0.29, 0.717) is 6.04 Å². The van der Waals surface area contributed by atoms with Gasteiger partial charge in [-0.05, 0) is 44.0 Å². The highest BCUT2D eigenvalue weighted by atomic mass is 79.9. The van der Waals surface area contributed by atoms with Gasteiger partial charge in [-0.25, -0.2) is 0 Å². The first kappa shape index (κ1) is 13.4. The molecule has 94 valence electrons. The second kappa shape index (κ2) is 6.21. The van der Waals surface area contributed by atoms with Gasteiger partial charge in [-0.2, -0.15) is 0 Å². The summed E-state index contributed by atoms with van der Waals surface area (Å²) in [7, 11) is 0. The average Bonchev–Trinajstić information content (AvgIpc) is 2.32. The molecule has 1 fully saturated rings. The van der Waals surface area contributed by atoms with E-state index in [2.05, 4.69) is 46.0 Å². The quantitative estimate of drug-likeness (QED) is 0.736. The maximum atomic E-state index is 6.51. The van der Waals surface area contributed by atoms with Crippen LogP contribution in [0.15, 0.2) is 28.7 Å². The second-order valence-electron chi connectivity index (χ2n) is 4.86. The van der Waals surface area contributed by atoms with E-state index in [-0.39, 0.29) is 5.38 Å². The summed E-state index contributed by atoms with van der Waals surface area (Å²) < 4.78 is 1.10. The monoisotopic (exact) mass is 315 g/mol. The van der Waals surface area contributed by atoms with Gasteiger partial charge in [0.1, 0.15) is 0 Å². The molecule has 0 bridgehead atoms. The Bertz CT molecular complexity index is 369. The molecule has 1 saturated heterocycles. The Morgan fingerprint density at radius 1 is 1.47 bits per heavy atom. The summed E-state index contributed by atoms with van der Waals surface area (Å²) in [6, 6.07) is 8.99. The summed E-state index contributed by atoms with van der Waals surface area (Å²) in [5, 5.41) is 0.0908. The van der Waals surface area contributed by atoms with Crippen LogP contribution in [0.3, 0.4) is 0 Å². The number of piperidine rings is 1. The lowest BCUT2D eigenvalue weighted by molar-refractivity contribution is 0.161. The molecular weight excluding hydrogens is 298 g/mol. The van der Waals surface area contributed by atoms with Crippen molar-refractivity contribution in [2.75, 3.05) is 13.1 Å². The first-order chi connectivity index (χ1) is 8.16. The molecule has 3 heteroatoms. The van der Waals surface area contributed by atoms with Crippen molar-refractivity contribution in [2.24, 2.45) is 0 Å². The first-order valence-corrected chi connectivity index (χ1v) is 7.53. The Morgan fingerprint density at radius 2 is 2.29 bits per heavy atom. The Labute approximate surface area is 117 Å². The molecule has 0 aromatic heterocycles. The van der Waals surface area contributed by atoms with Crippen molar-refractivity contribution in [3.8, 4) is 0 Å². The summed E-state index contributed by atoms with van der Waals surface area (Å²) in [4.78, 5) is 2.52. The number of hydrogen-bond acceptors (Lipinski definition) is 1. The summed E-state index contributed by atoms with van der Waals surface area (Å²) in [5.41, 5.74) is 1.21. The van der Waals surface area contributed by atoms with Crippen molar-refractivity contribution in [1.29, 1.82) is 0 Å². The molecule has 0 N–H and O–H groups in total. The van der Waals surface area contributed by atoms with Gasteiger partial charge in [0.2, 0.25) is 0 Å². The summed E-state index contributed by atoms with van der Waals surface area (Å²) in [6.45, 7) is 4.46. The minimum Gasteiger partial charge on any atom is -0.299 e. The zero-order chi connectivity index (χ0) is 12.3. The van der Waals surface area contributed by atoms with Crippen LogP contribution in [-0.4, -0.2) is 24.0 Å². The summed E-state index contributed by atoms with van der Waals surface area (Å²) >= 11 is 10.0. The van der Waals surface area contributed by atoms with Crippen molar-refractivity contribution in [1.82, 2.24) is 4.90 Å². The molecular formula is C14H19BrClN. The third-order valence-corrected chi connectivity index (χ3v) is 4.43. The maximum Gasteiger partial charge on any atom is 0.0712 e. The fourth-order valence-corrected chi connectivity index (χ4v) is 3.17. The smallest absolute Gasteiger partial charge is 0.0712 e. The highest BCUT2D eigenvalue weighted by Gasteiger charge is 2.21. The van der Waals surface area contributed by atoms with Gasteiger partial charge in [0.05, 0.1) is 5.38 Å². The minimum atomic E-state index is 0.0908. The number of nitrogens with zero attached hydrogens (tertiary/aromatic N) is 1. The third kappa shape index (κ3) is 3.70. The molecule has 1 nitrogen and oxygen atoms in total. The molecule has 0 amide bonds. The van der Waals surface area contributed by atoms with Gasteiger partial charge in [0.15, 0.2) is 0 Å². The van der Waals surface area contributed by atoms with Crippen LogP contribution in [0.25, 0.3) is 0 Å². The lowest BCUT2D eigenvalue weighted by Gasteiger charge is -2.34. The molecule has 0 spiro atoms. The normalized spacial score (nSPS) is 23.6. The molecule has 0 saturated carbocycles. The fraction of sp³-hybridized carbons (Fsp3) is 0.571. The molecule has 1 aliphatic heterocycles. The van der Waals surface area contributed by atoms with Crippen molar-refractivity contribution >= 4 is 27.5 Å². The topological polar surface area (TPSA) is 3.24 Å². The van der Waals surface area contributed by atoms with E-state index in [9.17, 15) is 0 Å². The Kier molecular flexibility index (Phi) is 4.89. The van der Waals surface area contributed by atoms with Crippen molar-refractivity contribution in [2.45, 2.75) is 37.6 Å². The third-order valence-electron chi connectivity index (χ3n) is 3.55. The summed E-state index contributed by atoms with van der Waals surface area (Å²) in [6.07, 6.45) is 3.98. The molecule has 1 heterocycles. The van der Waals surface area contributed by atoms with Crippen LogP contribution in [0.5, 0.6) is 0 Å². The van der Waals surface area contributed by atoms with E-state index in [1.165, 1.54) is 31.4 Å². The Morgan fingerprint density at radius 3 is 3.00 bits per heavy atom. The van der Waals surface area contributed by atoms with E-state index < -0.39 is 0 Å². The predicted molar refractivity (Wildman–Crippen MR) is 77.6 cm³/mol. The average molecular weight is 317 g/mol. The zero-order valence-corrected chi connectivity index (χ0v) is 12.5. The van der Waals surface area contributed by atoms with Crippen molar-refractivity contribution in [3.63, 3.8) is 0 Å². The van der Waals surface area contributed by atoms with E-state index in [1.807, 2.05) is 6.07 Å². The van der Waals surface area contributed by atoms with Gasteiger partial charge in [0.25, 0.3) is 0 Å². The molecule has 1 aliphatic rings. The van der Waals surface area contributed by atoms with Crippen LogP contribution in [0.1, 0.15) is 37.1 Å². The molecule has 1 aromatic carbocycles. The number of rotatable bonds is 3. The Balaban J connectivity index is 1.98. The maximum absolute atomic E-state index is 6.51. The van der Waals surface area contributed by atoms with Crippen LogP contribution >= 0.6 is 27.5 Å². The molecule has 0 aliphatic carbocycles. The lowest BCUT2D eigenvalue weighted by atomic mass is 10.0. The second-order valence-corrected chi connectivity index (χ2v) is 6.30. The first-order valence-electron chi connectivity index (χ1n) is 6.30. The summed E-state index contributed by atoms with van der Waals surface area (Å²) in [5.74, 6) is 0. The van der Waals surface area contributed by atoms with Gasteiger partial charge in [0, 0.05) is 17.1 Å². The number of likely N-dealkylation sites (tertiary alicyclic amines) is 1. The lowest BCUT2D eigenvalue weighted by Crippen LogP contribution is -2.39. The van der Waals surface area contributed by atoms with Crippen LogP contribution in [0.2, 0.25) is 0 Å². The van der Waals surface area contributed by atoms with E-state index in [0.717, 1.165) is 11.0 Å². The number of alkyl halides is 1. The number of benzene rings is 1. The van der Waals surface area contributed by atoms with E-state index in [4.69, 9.17) is 11.6 Å². The van der Waals surface area contributed by atoms with Gasteiger partial charge < -0.3 is 0 Å². The molecule has 1 aromatic rings. The molecule has 0 radical (unpaired) electrons. The Hall–Kier alpha value is -0.0500. The van der Waals surface area contributed by atoms with E-state index >= 15 is 0 Å². The van der Waals surface area contributed by atoms with Crippen molar-refractivity contribution in [3.05, 3.63) is 34.3 Å². The van der Waals surface area contributed by atoms with Gasteiger partial charge in [-0.1, -0.05) is 34.5 Å². The van der Waals surface area contributed by atoms with Crippen molar-refractivity contribution < 1.29 is 0 Å². The number of hydrogen-bond donors (Lipinski definition) is 0. The van der Waals surface area contributed by atoms with Crippen LogP contribution in [0, 0.1) is 0 Å². The SMILES string of the molecule is CC1CCCCN1CC(Cl)c1cccc(Br)c1. The molecule has 2 atom stereocenters. The molecule has 17 heavy (non-hydrogen) atoms. The fourth-order valence-electron chi connectivity index (χ4n) is 2.44. The standard InChI is InChI=1S/C14H19BrClN/c1-11-5-2-3-8-17(11)10-14(16)12-6-4-7-13(15)9-12/h4,6-7,9,11,14H,2-3,5,8,10H2,1H3. The minimum absolute atomic E-state index is 0.0908. The highest BCUT2D eigenvalue weighted by molar-refractivity contribution is 9.10. The van der Waals surface area contributed by atoms with E-state index in [1.54, 1.807) is 0 Å². The van der Waals surface area contributed by atoms with Crippen LogP contribution < -0.4 is 0 Å². The largest absolute Gasteiger partial charge is 0.299 e. The van der Waals surface area contributed by atoms with Crippen LogP contribution in [0.4, 0.5) is 0 Å². The number of halogens is 2. The highest BCUT2D eigenvalue weighted by Crippen LogP contribution is 2.27. The van der Waals surface area contributed by atoms with Crippen LogP contribution in [-0.2, 0) is 0 Å². The van der Waals surface area contributed by atoms with Gasteiger partial charge in [-0.3, -0.25) is 4.90 Å². The predicted octanol–water partition coefficient (Wildman–Crippen LogP) is 4.60. The molecule has 2 unspecified atom stereocenters. The molecule has 2 rings (SSSR count). The van der Waals surface area contributed by atoms with Gasteiger partial charge >= 0.3 is 0 Å². The van der Waals surface area contributed by atoms with Gasteiger partial charge in [-0.15, -0.1) is 11.6 Å².